The van der Waals surface area contributed by atoms with Crippen LogP contribution >= 0.6 is 11.3 Å². The molecule has 0 radical (unpaired) electrons. The van der Waals surface area contributed by atoms with Gasteiger partial charge in [0, 0.05) is 29.6 Å². The highest BCUT2D eigenvalue weighted by atomic mass is 32.2. The van der Waals surface area contributed by atoms with Crippen molar-refractivity contribution in [1.82, 2.24) is 24.6 Å². The van der Waals surface area contributed by atoms with Crippen LogP contribution in [0.4, 0.5) is 27.6 Å². The van der Waals surface area contributed by atoms with Crippen molar-refractivity contribution in [1.29, 1.82) is 0 Å². The molecular weight excluding hydrogens is 555 g/mol. The van der Waals surface area contributed by atoms with Crippen LogP contribution in [-0.4, -0.2) is 40.1 Å². The normalized spacial score (nSPS) is 12.2. The minimum atomic E-state index is -4.61. The molecule has 5 aromatic rings. The second kappa shape index (κ2) is 9.29. The molecule has 0 fully saturated rings. The van der Waals surface area contributed by atoms with Gasteiger partial charge in [-0.05, 0) is 30.3 Å². The molecule has 0 spiro atoms. The Morgan fingerprint density at radius 1 is 1.05 bits per heavy atom. The number of benzene rings is 1. The number of rotatable bonds is 6. The quantitative estimate of drug-likeness (QED) is 0.286. The van der Waals surface area contributed by atoms with Gasteiger partial charge in [-0.1, -0.05) is 11.3 Å². The molecule has 196 valence electrons. The average molecular weight is 569 g/mol. The second-order valence-corrected chi connectivity index (χ2v) is 10.3. The number of aromatic nitrogens is 5. The Morgan fingerprint density at radius 2 is 1.84 bits per heavy atom. The fourth-order valence-electron chi connectivity index (χ4n) is 3.40. The van der Waals surface area contributed by atoms with E-state index < -0.39 is 38.4 Å². The van der Waals surface area contributed by atoms with Gasteiger partial charge < -0.3 is 4.74 Å². The van der Waals surface area contributed by atoms with Crippen LogP contribution in [0.15, 0.2) is 59.9 Å². The Morgan fingerprint density at radius 3 is 2.53 bits per heavy atom. The number of sulfonamides is 1. The number of nitrogens with one attached hydrogen (secondary N) is 1. The molecule has 0 saturated carbocycles. The SMILES string of the molecule is COc1ncc(-c2nn3cc(-c4ccnc(C(F)(F)F)c4)nc3s2)cc1NS(=O)(=O)c1ccc(F)cc1F. The monoisotopic (exact) mass is 568 g/mol. The van der Waals surface area contributed by atoms with Crippen LogP contribution in [0.5, 0.6) is 5.88 Å². The van der Waals surface area contributed by atoms with Gasteiger partial charge in [0.05, 0.1) is 19.0 Å². The Balaban J connectivity index is 1.47. The molecule has 9 nitrogen and oxygen atoms in total. The molecule has 0 aliphatic rings. The van der Waals surface area contributed by atoms with E-state index in [1.807, 2.05) is 0 Å². The summed E-state index contributed by atoms with van der Waals surface area (Å²) in [6.07, 6.45) is -0.787. The molecule has 0 bridgehead atoms. The van der Waals surface area contributed by atoms with Gasteiger partial charge in [-0.3, -0.25) is 9.71 Å². The molecule has 0 aliphatic carbocycles. The molecule has 1 N–H and O–H groups in total. The maximum Gasteiger partial charge on any atom is 0.433 e. The van der Waals surface area contributed by atoms with Gasteiger partial charge in [0.1, 0.15) is 32.9 Å². The molecule has 4 aromatic heterocycles. The smallest absolute Gasteiger partial charge is 0.433 e. The molecule has 0 atom stereocenters. The number of ether oxygens (including phenoxy) is 1. The predicted molar refractivity (Wildman–Crippen MR) is 126 cm³/mol. The molecule has 4 heterocycles. The number of hydrogen-bond donors (Lipinski definition) is 1. The number of fused-ring (bicyclic) bond motifs is 1. The average Bonchev–Trinajstić information content (AvgIpc) is 3.43. The van der Waals surface area contributed by atoms with Crippen molar-refractivity contribution in [2.24, 2.45) is 0 Å². The summed E-state index contributed by atoms with van der Waals surface area (Å²) in [6.45, 7) is 0. The van der Waals surface area contributed by atoms with Gasteiger partial charge >= 0.3 is 6.18 Å². The molecule has 16 heteroatoms. The number of imidazole rings is 1. The molecule has 0 saturated heterocycles. The van der Waals surface area contributed by atoms with Gasteiger partial charge in [-0.15, -0.1) is 0 Å². The van der Waals surface area contributed by atoms with Crippen molar-refractivity contribution >= 4 is 32.0 Å². The maximum absolute atomic E-state index is 14.1. The largest absolute Gasteiger partial charge is 0.480 e. The highest BCUT2D eigenvalue weighted by Gasteiger charge is 2.32. The first-order chi connectivity index (χ1) is 17.9. The third kappa shape index (κ3) is 4.87. The number of hydrogen-bond acceptors (Lipinski definition) is 8. The summed E-state index contributed by atoms with van der Waals surface area (Å²) < 4.78 is 100. The van der Waals surface area contributed by atoms with Gasteiger partial charge in [-0.2, -0.15) is 18.3 Å². The number of nitrogens with zero attached hydrogens (tertiary/aromatic N) is 5. The molecule has 0 aliphatic heterocycles. The standard InChI is InChI=1S/C22H13F5N6O3S2/c1-36-19-15(32-38(34,35)17-3-2-13(23)8-14(17)24)6-12(9-29-19)20-31-33-10-16(30-21(33)37-20)11-4-5-28-18(7-11)22(25,26)27/h2-10,32H,1H3. The van der Waals surface area contributed by atoms with Crippen molar-refractivity contribution in [3.8, 4) is 27.7 Å². The van der Waals surface area contributed by atoms with E-state index in [0.717, 1.165) is 35.7 Å². The maximum atomic E-state index is 14.1. The lowest BCUT2D eigenvalue weighted by atomic mass is 10.2. The number of methoxy groups -OCH3 is 1. The zero-order valence-corrected chi connectivity index (χ0v) is 20.5. The van der Waals surface area contributed by atoms with Crippen molar-refractivity contribution in [3.05, 3.63) is 72.3 Å². The first-order valence-electron chi connectivity index (χ1n) is 10.4. The molecule has 5 rings (SSSR count). The summed E-state index contributed by atoms with van der Waals surface area (Å²) in [5.41, 5.74) is -0.421. The van der Waals surface area contributed by atoms with E-state index in [-0.39, 0.29) is 22.8 Å². The minimum absolute atomic E-state index is 0.123. The van der Waals surface area contributed by atoms with Gasteiger partial charge in [-0.25, -0.2) is 31.7 Å². The first-order valence-corrected chi connectivity index (χ1v) is 12.7. The van der Waals surface area contributed by atoms with Gasteiger partial charge in [0.15, 0.2) is 0 Å². The third-order valence-electron chi connectivity index (χ3n) is 5.11. The Bertz CT molecular complexity index is 1750. The van der Waals surface area contributed by atoms with E-state index in [4.69, 9.17) is 4.74 Å². The van der Waals surface area contributed by atoms with Crippen LogP contribution in [0.2, 0.25) is 0 Å². The van der Waals surface area contributed by atoms with E-state index in [2.05, 4.69) is 24.8 Å². The highest BCUT2D eigenvalue weighted by Crippen LogP contribution is 2.34. The second-order valence-electron chi connectivity index (χ2n) is 7.65. The van der Waals surface area contributed by atoms with Gasteiger partial charge in [0.2, 0.25) is 10.8 Å². The fraction of sp³-hybridized carbons (Fsp3) is 0.0909. The van der Waals surface area contributed by atoms with Crippen LogP contribution in [0.3, 0.4) is 0 Å². The lowest BCUT2D eigenvalue weighted by molar-refractivity contribution is -0.141. The summed E-state index contributed by atoms with van der Waals surface area (Å²) in [5.74, 6) is -2.35. The summed E-state index contributed by atoms with van der Waals surface area (Å²) >= 11 is 1.06. The number of alkyl halides is 3. The fourth-order valence-corrected chi connectivity index (χ4v) is 5.37. The lowest BCUT2D eigenvalue weighted by Gasteiger charge is -2.12. The van der Waals surface area contributed by atoms with Crippen molar-refractivity contribution in [2.75, 3.05) is 11.8 Å². The van der Waals surface area contributed by atoms with Crippen molar-refractivity contribution in [3.63, 3.8) is 0 Å². The zero-order chi connectivity index (χ0) is 27.2. The molecular formula is C22H13F5N6O3S2. The topological polar surface area (TPSA) is 111 Å². The van der Waals surface area contributed by atoms with Crippen LogP contribution < -0.4 is 9.46 Å². The van der Waals surface area contributed by atoms with Crippen molar-refractivity contribution in [2.45, 2.75) is 11.1 Å². The van der Waals surface area contributed by atoms with E-state index >= 15 is 0 Å². The van der Waals surface area contributed by atoms with E-state index in [9.17, 15) is 30.4 Å². The van der Waals surface area contributed by atoms with Crippen LogP contribution in [-0.2, 0) is 16.2 Å². The zero-order valence-electron chi connectivity index (χ0n) is 18.9. The minimum Gasteiger partial charge on any atom is -0.480 e. The lowest BCUT2D eigenvalue weighted by Crippen LogP contribution is -2.15. The van der Waals surface area contributed by atoms with Gasteiger partial charge in [0.25, 0.3) is 10.0 Å². The molecule has 0 unspecified atom stereocenters. The Hall–Kier alpha value is -4.18. The van der Waals surface area contributed by atoms with Crippen LogP contribution in [0, 0.1) is 11.6 Å². The Kier molecular flexibility index (Phi) is 6.22. The molecule has 38 heavy (non-hydrogen) atoms. The number of halogens is 5. The summed E-state index contributed by atoms with van der Waals surface area (Å²) in [4.78, 5) is 11.3. The summed E-state index contributed by atoms with van der Waals surface area (Å²) in [7, 11) is -3.24. The first kappa shape index (κ1) is 25.5. The number of pyridine rings is 2. The van der Waals surface area contributed by atoms with Crippen molar-refractivity contribution < 1.29 is 35.1 Å². The predicted octanol–water partition coefficient (Wildman–Crippen LogP) is 5.02. The van der Waals surface area contributed by atoms with E-state index in [0.29, 0.717) is 21.6 Å². The summed E-state index contributed by atoms with van der Waals surface area (Å²) in [6, 6.07) is 5.64. The Labute approximate surface area is 214 Å². The highest BCUT2D eigenvalue weighted by molar-refractivity contribution is 7.92. The summed E-state index contributed by atoms with van der Waals surface area (Å²) in [5, 5.41) is 4.69. The van der Waals surface area contributed by atoms with Crippen LogP contribution in [0.25, 0.3) is 26.8 Å². The van der Waals surface area contributed by atoms with Crippen LogP contribution in [0.1, 0.15) is 5.69 Å². The van der Waals surface area contributed by atoms with E-state index in [1.165, 1.54) is 36.2 Å². The third-order valence-corrected chi connectivity index (χ3v) is 7.48. The van der Waals surface area contributed by atoms with E-state index in [1.54, 1.807) is 0 Å². The number of anilines is 1. The molecule has 1 aromatic carbocycles. The molecule has 0 amide bonds.